The number of phenolic OH excluding ortho intramolecular Hbond substituents is 1. The Bertz CT molecular complexity index is 897. The first-order valence-electron chi connectivity index (χ1n) is 6.45. The lowest BCUT2D eigenvalue weighted by Gasteiger charge is -2.12. The van der Waals surface area contributed by atoms with E-state index in [-0.39, 0.29) is 38.8 Å². The van der Waals surface area contributed by atoms with Crippen LogP contribution in [0.5, 0.6) is 11.5 Å². The van der Waals surface area contributed by atoms with Gasteiger partial charge in [-0.15, -0.1) is 0 Å². The Balaban J connectivity index is 2.35. The van der Waals surface area contributed by atoms with Crippen molar-refractivity contribution in [1.82, 2.24) is 0 Å². The first kappa shape index (κ1) is 13.8. The molecule has 0 amide bonds. The molecule has 0 aliphatic carbocycles. The Morgan fingerprint density at radius 3 is 2.36 bits per heavy atom. The minimum Gasteiger partial charge on any atom is -0.507 e. The molecule has 6 heteroatoms. The number of hydrogen-bond donors (Lipinski definition) is 4. The van der Waals surface area contributed by atoms with E-state index >= 15 is 0 Å². The van der Waals surface area contributed by atoms with Gasteiger partial charge in [-0.1, -0.05) is 24.3 Å². The number of aromatic hydroxyl groups is 1. The van der Waals surface area contributed by atoms with Gasteiger partial charge in [0.05, 0.1) is 11.6 Å². The minimum atomic E-state index is -1.11. The molecule has 6 nitrogen and oxygen atoms in total. The highest BCUT2D eigenvalue weighted by Gasteiger charge is 2.23. The van der Waals surface area contributed by atoms with Gasteiger partial charge < -0.3 is 25.2 Å². The highest BCUT2D eigenvalue weighted by atomic mass is 16.6. The Hall–Kier alpha value is -3.15. The first-order chi connectivity index (χ1) is 10.5. The summed E-state index contributed by atoms with van der Waals surface area (Å²) >= 11 is 0. The normalized spacial score (nSPS) is 12.9. The third-order valence-corrected chi connectivity index (χ3v) is 3.42. The molecule has 0 unspecified atom stereocenters. The molecule has 3 rings (SSSR count). The molecule has 1 heterocycles. The molecule has 0 fully saturated rings. The summed E-state index contributed by atoms with van der Waals surface area (Å²) < 4.78 is 5.28. The van der Waals surface area contributed by atoms with Crippen LogP contribution in [0.2, 0.25) is 0 Å². The zero-order valence-electron chi connectivity index (χ0n) is 11.3. The minimum absolute atomic E-state index is 0.0397. The van der Waals surface area contributed by atoms with Crippen molar-refractivity contribution in [1.29, 1.82) is 0 Å². The SMILES string of the molecule is O=C(O)Cc1ccc2c(c1O)C(O)=c1ccccc1=C(O)O2. The lowest BCUT2D eigenvalue weighted by molar-refractivity contribution is -0.136. The molecule has 22 heavy (non-hydrogen) atoms. The van der Waals surface area contributed by atoms with Crippen molar-refractivity contribution in [2.24, 2.45) is 0 Å². The molecule has 112 valence electrons. The smallest absolute Gasteiger partial charge is 0.307 e. The van der Waals surface area contributed by atoms with E-state index in [0.717, 1.165) is 0 Å². The van der Waals surface area contributed by atoms with Crippen molar-refractivity contribution < 1.29 is 30.0 Å². The molecule has 1 aliphatic rings. The lowest BCUT2D eigenvalue weighted by atomic mass is 10.0. The van der Waals surface area contributed by atoms with Gasteiger partial charge in [-0.25, -0.2) is 0 Å². The van der Waals surface area contributed by atoms with Crippen LogP contribution in [0.3, 0.4) is 0 Å². The third-order valence-electron chi connectivity index (χ3n) is 3.42. The van der Waals surface area contributed by atoms with E-state index in [2.05, 4.69) is 0 Å². The van der Waals surface area contributed by atoms with E-state index < -0.39 is 18.3 Å². The van der Waals surface area contributed by atoms with E-state index in [0.29, 0.717) is 0 Å². The first-order valence-corrected chi connectivity index (χ1v) is 6.45. The van der Waals surface area contributed by atoms with Gasteiger partial charge in [0.2, 0.25) is 0 Å². The van der Waals surface area contributed by atoms with Crippen molar-refractivity contribution in [2.75, 3.05) is 0 Å². The maximum Gasteiger partial charge on any atom is 0.307 e. The number of benzene rings is 2. The topological polar surface area (TPSA) is 107 Å². The number of carbonyl (C=O) groups is 1. The summed E-state index contributed by atoms with van der Waals surface area (Å²) in [7, 11) is 0. The number of carboxylic acids is 1. The fraction of sp³-hybridized carbons (Fsp3) is 0.0625. The molecule has 1 aliphatic heterocycles. The van der Waals surface area contributed by atoms with Gasteiger partial charge in [0, 0.05) is 10.8 Å². The number of phenols is 1. The second-order valence-electron chi connectivity index (χ2n) is 4.82. The van der Waals surface area contributed by atoms with Crippen LogP contribution in [0.4, 0.5) is 0 Å². The zero-order chi connectivity index (χ0) is 15.9. The van der Waals surface area contributed by atoms with E-state index in [4.69, 9.17) is 9.84 Å². The van der Waals surface area contributed by atoms with Crippen LogP contribution in [0.25, 0.3) is 11.7 Å². The summed E-state index contributed by atoms with van der Waals surface area (Å²) in [4.78, 5) is 10.8. The Morgan fingerprint density at radius 1 is 1.00 bits per heavy atom. The summed E-state index contributed by atoms with van der Waals surface area (Å²) in [5.74, 6) is -2.16. The van der Waals surface area contributed by atoms with Crippen LogP contribution in [-0.4, -0.2) is 26.4 Å². The Kier molecular flexibility index (Phi) is 3.14. The van der Waals surface area contributed by atoms with Gasteiger partial charge in [-0.3, -0.25) is 4.79 Å². The number of fused-ring (bicyclic) bond motifs is 2. The Labute approximate surface area is 124 Å². The maximum atomic E-state index is 10.8. The van der Waals surface area contributed by atoms with E-state index in [1.807, 2.05) is 0 Å². The molecule has 2 aromatic rings. The van der Waals surface area contributed by atoms with Crippen LogP contribution in [0, 0.1) is 0 Å². The number of hydrogen-bond acceptors (Lipinski definition) is 5. The van der Waals surface area contributed by atoms with Crippen LogP contribution >= 0.6 is 0 Å². The van der Waals surface area contributed by atoms with Gasteiger partial charge in [-0.2, -0.15) is 0 Å². The molecule has 0 radical (unpaired) electrons. The fourth-order valence-electron chi connectivity index (χ4n) is 2.41. The summed E-state index contributed by atoms with van der Waals surface area (Å²) in [6.07, 6.45) is -0.399. The molecular formula is C16H12O6. The highest BCUT2D eigenvalue weighted by Crippen LogP contribution is 2.36. The standard InChI is InChI=1S/C16H12O6/c17-12(18)7-8-5-6-11-13(14(8)19)15(20)9-3-1-2-4-10(9)16(21)22-11/h1-6,19-21H,7H2,(H,17,18). The van der Waals surface area contributed by atoms with Crippen LogP contribution < -0.4 is 15.2 Å². The summed E-state index contributed by atoms with van der Waals surface area (Å²) in [6, 6.07) is 9.21. The van der Waals surface area contributed by atoms with Gasteiger partial charge in [0.1, 0.15) is 22.8 Å². The number of aliphatic carboxylic acids is 1. The number of rotatable bonds is 2. The van der Waals surface area contributed by atoms with Crippen molar-refractivity contribution in [3.63, 3.8) is 0 Å². The van der Waals surface area contributed by atoms with Crippen molar-refractivity contribution in [3.05, 3.63) is 58.0 Å². The van der Waals surface area contributed by atoms with Crippen LogP contribution in [0.15, 0.2) is 36.4 Å². The monoisotopic (exact) mass is 300 g/mol. The maximum absolute atomic E-state index is 10.8. The van der Waals surface area contributed by atoms with Crippen LogP contribution in [0.1, 0.15) is 11.1 Å². The van der Waals surface area contributed by atoms with Crippen LogP contribution in [-0.2, 0) is 11.2 Å². The molecule has 0 saturated carbocycles. The summed E-state index contributed by atoms with van der Waals surface area (Å²) in [5.41, 5.74) is 0.0931. The average Bonchev–Trinajstić information content (AvgIpc) is 2.59. The van der Waals surface area contributed by atoms with Gasteiger partial charge in [0.25, 0.3) is 5.95 Å². The third kappa shape index (κ3) is 2.10. The molecule has 0 aromatic heterocycles. The molecule has 2 aromatic carbocycles. The zero-order valence-corrected chi connectivity index (χ0v) is 11.3. The predicted molar refractivity (Wildman–Crippen MR) is 76.9 cm³/mol. The molecule has 0 bridgehead atoms. The van der Waals surface area contributed by atoms with Crippen molar-refractivity contribution >= 4 is 17.7 Å². The van der Waals surface area contributed by atoms with Gasteiger partial charge in [0.15, 0.2) is 0 Å². The molecule has 0 spiro atoms. The van der Waals surface area contributed by atoms with Gasteiger partial charge in [-0.05, 0) is 12.1 Å². The van der Waals surface area contributed by atoms with Crippen molar-refractivity contribution in [3.8, 4) is 11.5 Å². The quantitative estimate of drug-likeness (QED) is 0.652. The van der Waals surface area contributed by atoms with Crippen molar-refractivity contribution in [2.45, 2.75) is 6.42 Å². The number of aliphatic hydroxyl groups excluding tert-OH is 2. The second-order valence-corrected chi connectivity index (χ2v) is 4.82. The largest absolute Gasteiger partial charge is 0.507 e. The molecular weight excluding hydrogens is 288 g/mol. The predicted octanol–water partition coefficient (Wildman–Crippen LogP) is 0.750. The average molecular weight is 300 g/mol. The molecule has 4 N–H and O–H groups in total. The van der Waals surface area contributed by atoms with Gasteiger partial charge >= 0.3 is 5.97 Å². The van der Waals surface area contributed by atoms with E-state index in [9.17, 15) is 20.1 Å². The number of carboxylic acid groups (broad SMARTS) is 1. The number of aliphatic hydroxyl groups is 2. The fourth-order valence-corrected chi connectivity index (χ4v) is 2.41. The molecule has 0 atom stereocenters. The highest BCUT2D eigenvalue weighted by molar-refractivity contribution is 5.77. The van der Waals surface area contributed by atoms with E-state index in [1.54, 1.807) is 24.3 Å². The summed E-state index contributed by atoms with van der Waals surface area (Å²) in [5, 5.41) is 40.2. The lowest BCUT2D eigenvalue weighted by Crippen LogP contribution is -2.29. The Morgan fingerprint density at radius 2 is 1.68 bits per heavy atom. The second kappa shape index (κ2) is 5.00. The molecule has 0 saturated heterocycles. The number of ether oxygens (including phenoxy) is 1. The summed E-state index contributed by atoms with van der Waals surface area (Å²) in [6.45, 7) is 0. The van der Waals surface area contributed by atoms with E-state index in [1.165, 1.54) is 12.1 Å².